The highest BCUT2D eigenvalue weighted by molar-refractivity contribution is 6.30. The summed E-state index contributed by atoms with van der Waals surface area (Å²) in [7, 11) is 0. The van der Waals surface area contributed by atoms with E-state index in [4.69, 9.17) is 16.3 Å². The molecule has 1 aliphatic heterocycles. The van der Waals surface area contributed by atoms with E-state index in [1.54, 1.807) is 0 Å². The summed E-state index contributed by atoms with van der Waals surface area (Å²) in [5, 5.41) is 10.9. The SMILES string of the molecule is CCN1CCN(CC(O)COC(C)c2ccc(Cl)cc2)CC1. The van der Waals surface area contributed by atoms with Gasteiger partial charge in [0, 0.05) is 37.7 Å². The Balaban J connectivity index is 1.69. The normalized spacial score (nSPS) is 20.0. The van der Waals surface area contributed by atoms with Gasteiger partial charge in [-0.1, -0.05) is 30.7 Å². The number of rotatable bonds is 7. The minimum Gasteiger partial charge on any atom is -0.389 e. The highest BCUT2D eigenvalue weighted by Gasteiger charge is 2.18. The molecule has 0 radical (unpaired) electrons. The molecule has 2 rings (SSSR count). The number of benzene rings is 1. The number of hydrogen-bond donors (Lipinski definition) is 1. The Morgan fingerprint density at radius 2 is 1.73 bits per heavy atom. The highest BCUT2D eigenvalue weighted by Crippen LogP contribution is 2.19. The van der Waals surface area contributed by atoms with Crippen molar-refractivity contribution in [1.82, 2.24) is 9.80 Å². The Hall–Kier alpha value is -0.650. The van der Waals surface area contributed by atoms with Crippen LogP contribution in [0.1, 0.15) is 25.5 Å². The number of hydrogen-bond acceptors (Lipinski definition) is 4. The van der Waals surface area contributed by atoms with Crippen LogP contribution in [0.5, 0.6) is 0 Å². The summed E-state index contributed by atoms with van der Waals surface area (Å²) in [4.78, 5) is 4.75. The van der Waals surface area contributed by atoms with Crippen LogP contribution in [0.4, 0.5) is 0 Å². The van der Waals surface area contributed by atoms with Crippen LogP contribution in [0.15, 0.2) is 24.3 Å². The summed E-state index contributed by atoms with van der Waals surface area (Å²) in [6, 6.07) is 7.65. The van der Waals surface area contributed by atoms with Crippen molar-refractivity contribution in [3.63, 3.8) is 0 Å². The topological polar surface area (TPSA) is 35.9 Å². The van der Waals surface area contributed by atoms with Crippen LogP contribution in [0.25, 0.3) is 0 Å². The number of nitrogens with zero attached hydrogens (tertiary/aromatic N) is 2. The predicted molar refractivity (Wildman–Crippen MR) is 90.4 cm³/mol. The van der Waals surface area contributed by atoms with Gasteiger partial charge in [-0.3, -0.25) is 4.90 Å². The minimum absolute atomic E-state index is 0.0381. The van der Waals surface area contributed by atoms with E-state index in [1.807, 2.05) is 31.2 Å². The Morgan fingerprint density at radius 3 is 2.32 bits per heavy atom. The quantitative estimate of drug-likeness (QED) is 0.835. The van der Waals surface area contributed by atoms with Crippen LogP contribution in [0.3, 0.4) is 0 Å². The summed E-state index contributed by atoms with van der Waals surface area (Å²) in [5.74, 6) is 0. The summed E-state index contributed by atoms with van der Waals surface area (Å²) in [6.45, 7) is 10.6. The lowest BCUT2D eigenvalue weighted by Gasteiger charge is -2.35. The van der Waals surface area contributed by atoms with E-state index in [1.165, 1.54) is 0 Å². The van der Waals surface area contributed by atoms with Gasteiger partial charge < -0.3 is 14.7 Å². The van der Waals surface area contributed by atoms with Gasteiger partial charge in [0.25, 0.3) is 0 Å². The molecule has 22 heavy (non-hydrogen) atoms. The molecule has 1 heterocycles. The van der Waals surface area contributed by atoms with Crippen molar-refractivity contribution < 1.29 is 9.84 Å². The second kappa shape index (κ2) is 8.85. The molecule has 2 atom stereocenters. The van der Waals surface area contributed by atoms with Crippen molar-refractivity contribution in [3.8, 4) is 0 Å². The molecule has 2 unspecified atom stereocenters. The Labute approximate surface area is 138 Å². The molecule has 1 fully saturated rings. The van der Waals surface area contributed by atoms with Crippen LogP contribution in [-0.2, 0) is 4.74 Å². The molecule has 0 spiro atoms. The van der Waals surface area contributed by atoms with Crippen molar-refractivity contribution in [3.05, 3.63) is 34.9 Å². The Kier molecular flexibility index (Phi) is 7.12. The standard InChI is InChI=1S/C17H27ClN2O2/c1-3-19-8-10-20(11-9-19)12-17(21)13-22-14(2)15-4-6-16(18)7-5-15/h4-7,14,17,21H,3,8-13H2,1-2H3. The van der Waals surface area contributed by atoms with Gasteiger partial charge in [-0.15, -0.1) is 0 Å². The summed E-state index contributed by atoms with van der Waals surface area (Å²) < 4.78 is 5.78. The fourth-order valence-corrected chi connectivity index (χ4v) is 2.85. The smallest absolute Gasteiger partial charge is 0.0900 e. The molecule has 0 bridgehead atoms. The van der Waals surface area contributed by atoms with Crippen LogP contribution in [0.2, 0.25) is 5.02 Å². The lowest BCUT2D eigenvalue weighted by molar-refractivity contribution is -0.0207. The lowest BCUT2D eigenvalue weighted by atomic mass is 10.1. The molecule has 0 aromatic heterocycles. The average molecular weight is 327 g/mol. The molecule has 1 aromatic rings. The second-order valence-electron chi connectivity index (χ2n) is 5.92. The summed E-state index contributed by atoms with van der Waals surface area (Å²) in [5.41, 5.74) is 1.08. The first-order chi connectivity index (χ1) is 10.6. The third-order valence-corrected chi connectivity index (χ3v) is 4.51. The fourth-order valence-electron chi connectivity index (χ4n) is 2.72. The maximum absolute atomic E-state index is 10.2. The van der Waals surface area contributed by atoms with E-state index in [0.29, 0.717) is 13.2 Å². The van der Waals surface area contributed by atoms with Gasteiger partial charge in [0.15, 0.2) is 0 Å². The maximum Gasteiger partial charge on any atom is 0.0900 e. The molecule has 4 nitrogen and oxygen atoms in total. The number of likely N-dealkylation sites (N-methyl/N-ethyl adjacent to an activating group) is 1. The molecule has 0 aliphatic carbocycles. The zero-order chi connectivity index (χ0) is 15.9. The van der Waals surface area contributed by atoms with E-state index in [9.17, 15) is 5.11 Å². The van der Waals surface area contributed by atoms with Crippen molar-refractivity contribution in [2.75, 3.05) is 45.9 Å². The molecule has 0 saturated carbocycles. The monoisotopic (exact) mass is 326 g/mol. The van der Waals surface area contributed by atoms with Crippen LogP contribution in [-0.4, -0.2) is 66.9 Å². The lowest BCUT2D eigenvalue weighted by Crippen LogP contribution is -2.48. The Bertz CT molecular complexity index is 433. The molecular formula is C17H27ClN2O2. The van der Waals surface area contributed by atoms with Crippen LogP contribution in [0, 0.1) is 0 Å². The van der Waals surface area contributed by atoms with E-state index >= 15 is 0 Å². The van der Waals surface area contributed by atoms with E-state index in [2.05, 4.69) is 16.7 Å². The first kappa shape index (κ1) is 17.7. The molecule has 124 valence electrons. The first-order valence-electron chi connectivity index (χ1n) is 8.08. The third kappa shape index (κ3) is 5.52. The molecule has 1 aromatic carbocycles. The number of ether oxygens (including phenoxy) is 1. The van der Waals surface area contributed by atoms with Gasteiger partial charge in [-0.2, -0.15) is 0 Å². The molecule has 1 saturated heterocycles. The molecule has 0 amide bonds. The Morgan fingerprint density at radius 1 is 1.14 bits per heavy atom. The zero-order valence-electron chi connectivity index (χ0n) is 13.5. The van der Waals surface area contributed by atoms with Gasteiger partial charge in [0.1, 0.15) is 0 Å². The fraction of sp³-hybridized carbons (Fsp3) is 0.647. The molecule has 1 aliphatic rings. The number of piperazine rings is 1. The average Bonchev–Trinajstić information content (AvgIpc) is 2.54. The molecule has 5 heteroatoms. The van der Waals surface area contributed by atoms with Gasteiger partial charge in [-0.05, 0) is 31.2 Å². The highest BCUT2D eigenvalue weighted by atomic mass is 35.5. The molecule has 1 N–H and O–H groups in total. The zero-order valence-corrected chi connectivity index (χ0v) is 14.3. The number of halogens is 1. The van der Waals surface area contributed by atoms with Crippen LogP contribution < -0.4 is 0 Å². The molecular weight excluding hydrogens is 300 g/mol. The van der Waals surface area contributed by atoms with Crippen LogP contribution >= 0.6 is 11.6 Å². The number of β-amino-alcohol motifs (C(OH)–C–C–N with tert-alkyl or cyclic N) is 1. The van der Waals surface area contributed by atoms with Gasteiger partial charge in [0.2, 0.25) is 0 Å². The largest absolute Gasteiger partial charge is 0.389 e. The van der Waals surface area contributed by atoms with E-state index < -0.39 is 6.10 Å². The minimum atomic E-state index is -0.442. The van der Waals surface area contributed by atoms with Crippen molar-refractivity contribution in [2.24, 2.45) is 0 Å². The van der Waals surface area contributed by atoms with E-state index in [0.717, 1.165) is 43.3 Å². The van der Waals surface area contributed by atoms with Gasteiger partial charge in [-0.25, -0.2) is 0 Å². The number of aliphatic hydroxyl groups is 1. The maximum atomic E-state index is 10.2. The van der Waals surface area contributed by atoms with Crippen molar-refractivity contribution in [1.29, 1.82) is 0 Å². The van der Waals surface area contributed by atoms with Crippen molar-refractivity contribution in [2.45, 2.75) is 26.1 Å². The van der Waals surface area contributed by atoms with Gasteiger partial charge >= 0.3 is 0 Å². The van der Waals surface area contributed by atoms with Crippen molar-refractivity contribution >= 4 is 11.6 Å². The van der Waals surface area contributed by atoms with Gasteiger partial charge in [0.05, 0.1) is 18.8 Å². The third-order valence-electron chi connectivity index (χ3n) is 4.26. The second-order valence-corrected chi connectivity index (χ2v) is 6.35. The summed E-state index contributed by atoms with van der Waals surface area (Å²) in [6.07, 6.45) is -0.480. The first-order valence-corrected chi connectivity index (χ1v) is 8.46. The number of aliphatic hydroxyl groups excluding tert-OH is 1. The summed E-state index contributed by atoms with van der Waals surface area (Å²) >= 11 is 5.88. The predicted octanol–water partition coefficient (Wildman–Crippen LogP) is 2.42. The van der Waals surface area contributed by atoms with E-state index in [-0.39, 0.29) is 6.10 Å².